The van der Waals surface area contributed by atoms with Crippen LogP contribution in [0.5, 0.6) is 5.75 Å². The Kier molecular flexibility index (Phi) is 13.5. The average Bonchev–Trinajstić information content (AvgIpc) is 3.71. The maximum atomic E-state index is 13.1. The van der Waals surface area contributed by atoms with Crippen LogP contribution in [0.2, 0.25) is 0 Å². The Hall–Kier alpha value is -1.83. The number of hydrogen-bond acceptors (Lipinski definition) is 5. The zero-order chi connectivity index (χ0) is 29.2. The van der Waals surface area contributed by atoms with Gasteiger partial charge in [-0.05, 0) is 74.0 Å². The van der Waals surface area contributed by atoms with Gasteiger partial charge in [0.05, 0.1) is 0 Å². The topological polar surface area (TPSA) is 41.9 Å². The van der Waals surface area contributed by atoms with Gasteiger partial charge in [0.1, 0.15) is 17.1 Å². The molecule has 2 atom stereocenters. The highest BCUT2D eigenvalue weighted by Crippen LogP contribution is 2.43. The van der Waals surface area contributed by atoms with Crippen molar-refractivity contribution < 1.29 is 23.4 Å². The second kappa shape index (κ2) is 15.8. The number of halogens is 2. The molecule has 4 nitrogen and oxygen atoms in total. The average molecular weight is 566 g/mol. The summed E-state index contributed by atoms with van der Waals surface area (Å²) in [6.45, 7) is 14.1. The lowest BCUT2D eigenvalue weighted by Gasteiger charge is -2.44. The number of benzene rings is 1. The van der Waals surface area contributed by atoms with Gasteiger partial charge < -0.3 is 14.6 Å². The molecule has 0 aromatic heterocycles. The lowest BCUT2D eigenvalue weighted by atomic mass is 9.84. The zero-order valence-corrected chi connectivity index (χ0v) is 26.0. The Morgan fingerprint density at radius 2 is 1.92 bits per heavy atom. The van der Waals surface area contributed by atoms with Crippen LogP contribution in [0.15, 0.2) is 46.6 Å². The second-order valence-corrected chi connectivity index (χ2v) is 12.6. The molecule has 1 aliphatic heterocycles. The van der Waals surface area contributed by atoms with Crippen LogP contribution in [0.1, 0.15) is 84.8 Å². The number of ether oxygens (including phenoxy) is 2. The molecule has 1 unspecified atom stereocenters. The first-order valence-corrected chi connectivity index (χ1v) is 15.0. The highest BCUT2D eigenvalue weighted by molar-refractivity contribution is 8.11. The molecule has 0 radical (unpaired) electrons. The number of thioether (sulfide) groups is 1. The van der Waals surface area contributed by atoms with E-state index in [4.69, 9.17) is 9.47 Å². The molecule has 1 saturated carbocycles. The quantitative estimate of drug-likeness (QED) is 0.271. The molecule has 3 rings (SSSR count). The molecule has 0 bridgehead atoms. The van der Waals surface area contributed by atoms with Crippen molar-refractivity contribution in [1.82, 2.24) is 4.90 Å². The van der Waals surface area contributed by atoms with Crippen molar-refractivity contribution in [2.75, 3.05) is 26.7 Å². The molecule has 7 heteroatoms. The summed E-state index contributed by atoms with van der Waals surface area (Å²) in [5, 5.41) is 10.9. The molecule has 1 heterocycles. The smallest absolute Gasteiger partial charge is 0.387 e. The Morgan fingerprint density at radius 3 is 2.46 bits per heavy atom. The van der Waals surface area contributed by atoms with Crippen LogP contribution in [0.4, 0.5) is 8.78 Å². The van der Waals surface area contributed by atoms with Crippen molar-refractivity contribution in [3.63, 3.8) is 0 Å². The predicted octanol–water partition coefficient (Wildman–Crippen LogP) is 9.37. The Morgan fingerprint density at radius 1 is 1.26 bits per heavy atom. The fourth-order valence-corrected chi connectivity index (χ4v) is 5.90. The zero-order valence-electron chi connectivity index (χ0n) is 25.2. The summed E-state index contributed by atoms with van der Waals surface area (Å²) in [5.74, 6) is 1.82. The number of nitrogens with zero attached hydrogens (tertiary/aromatic N) is 1. The number of allylic oxidation sites excluding steroid dienone is 3. The third-order valence-corrected chi connectivity index (χ3v) is 7.80. The molecule has 1 aromatic carbocycles. The first-order valence-electron chi connectivity index (χ1n) is 14.2. The van der Waals surface area contributed by atoms with Crippen LogP contribution in [0.25, 0.3) is 4.91 Å². The van der Waals surface area contributed by atoms with E-state index in [1.807, 2.05) is 19.9 Å². The van der Waals surface area contributed by atoms with Crippen LogP contribution in [0, 0.1) is 18.8 Å². The molecule has 1 saturated heterocycles. The van der Waals surface area contributed by atoms with E-state index in [2.05, 4.69) is 51.7 Å². The van der Waals surface area contributed by atoms with E-state index in [0.29, 0.717) is 30.3 Å². The largest absolute Gasteiger partial charge is 0.509 e. The van der Waals surface area contributed by atoms with Crippen LogP contribution in [-0.4, -0.2) is 49.0 Å². The molecule has 220 valence electrons. The van der Waals surface area contributed by atoms with Crippen molar-refractivity contribution in [2.24, 2.45) is 11.8 Å². The highest BCUT2D eigenvalue weighted by Gasteiger charge is 2.44. The van der Waals surface area contributed by atoms with E-state index in [-0.39, 0.29) is 5.75 Å². The van der Waals surface area contributed by atoms with Crippen LogP contribution in [0.3, 0.4) is 0 Å². The Labute approximate surface area is 239 Å². The first-order chi connectivity index (χ1) is 18.4. The monoisotopic (exact) mass is 565 g/mol. The molecule has 2 fully saturated rings. The summed E-state index contributed by atoms with van der Waals surface area (Å²) in [6, 6.07) is 5.33. The second-order valence-electron chi connectivity index (χ2n) is 11.5. The number of likely N-dealkylation sites (tertiary alicyclic amines) is 1. The van der Waals surface area contributed by atoms with Crippen molar-refractivity contribution in [3.8, 4) is 5.75 Å². The molecule has 0 amide bonds. The summed E-state index contributed by atoms with van der Waals surface area (Å²) < 4.78 is 37.1. The van der Waals surface area contributed by atoms with Gasteiger partial charge in [-0.1, -0.05) is 76.6 Å². The molecular weight excluding hydrogens is 516 g/mol. The van der Waals surface area contributed by atoms with Crippen LogP contribution >= 0.6 is 11.8 Å². The minimum atomic E-state index is -2.87. The highest BCUT2D eigenvalue weighted by atomic mass is 32.2. The number of piperidine rings is 1. The number of aliphatic hydroxyl groups is 1. The van der Waals surface area contributed by atoms with Gasteiger partial charge in [-0.2, -0.15) is 8.78 Å². The third kappa shape index (κ3) is 10.6. The van der Waals surface area contributed by atoms with E-state index >= 15 is 0 Å². The molecule has 1 aromatic rings. The van der Waals surface area contributed by atoms with Crippen molar-refractivity contribution in [2.45, 2.75) is 92.8 Å². The molecule has 1 N–H and O–H groups in total. The van der Waals surface area contributed by atoms with Gasteiger partial charge in [-0.25, -0.2) is 0 Å². The van der Waals surface area contributed by atoms with Gasteiger partial charge in [-0.15, -0.1) is 0 Å². The van der Waals surface area contributed by atoms with E-state index in [0.717, 1.165) is 65.5 Å². The number of aliphatic hydroxyl groups excluding tert-OH is 1. The van der Waals surface area contributed by atoms with Gasteiger partial charge in [0, 0.05) is 37.2 Å². The lowest BCUT2D eigenvalue weighted by Crippen LogP contribution is -2.53. The van der Waals surface area contributed by atoms with Crippen molar-refractivity contribution in [1.29, 1.82) is 0 Å². The molecular formula is C32H49F2NO3S. The fraction of sp³-hybridized carbons (Fsp3) is 0.625. The molecule has 2 aliphatic rings. The van der Waals surface area contributed by atoms with Gasteiger partial charge in [-0.3, -0.25) is 4.90 Å². The molecule has 39 heavy (non-hydrogen) atoms. The van der Waals surface area contributed by atoms with Crippen LogP contribution < -0.4 is 4.74 Å². The van der Waals surface area contributed by atoms with E-state index in [1.165, 1.54) is 0 Å². The van der Waals surface area contributed by atoms with Gasteiger partial charge >= 0.3 is 6.61 Å². The normalized spacial score (nSPS) is 22.2. The molecule has 1 aliphatic carbocycles. The SMILES string of the molecule is C/C=C(/CN1CC(C)C[C@@](OC)(C(O)=C2CC2)C1)S/C(=C/CCC)c1cc(C)ccc1OC(F)F.CC(C)C. The maximum absolute atomic E-state index is 13.1. The van der Waals surface area contributed by atoms with E-state index in [1.54, 1.807) is 31.0 Å². The van der Waals surface area contributed by atoms with Gasteiger partial charge in [0.25, 0.3) is 0 Å². The summed E-state index contributed by atoms with van der Waals surface area (Å²) in [5.41, 5.74) is 2.13. The van der Waals surface area contributed by atoms with E-state index in [9.17, 15) is 13.9 Å². The standard InChI is InChI=1S/C28H39F2NO3S.C4H10/c1-6-8-9-25(23-14-19(3)10-13-24(23)34-27(29)30)35-22(7-2)17-31-16-20(4)15-28(18-31,33-5)26(32)21-11-12-21;1-4(2)3/h7,9-10,13-14,20,27,32H,6,8,11-12,15-18H2,1-5H3;4H,1-3H3/b22-7-,25-9+;/t20?,28-;/m0./s1. The van der Waals surface area contributed by atoms with Crippen LogP contribution in [-0.2, 0) is 4.74 Å². The number of unbranched alkanes of at least 4 members (excludes halogenated alkanes) is 1. The van der Waals surface area contributed by atoms with Gasteiger partial charge in [0.2, 0.25) is 0 Å². The van der Waals surface area contributed by atoms with E-state index < -0.39 is 12.2 Å². The maximum Gasteiger partial charge on any atom is 0.387 e. The summed E-state index contributed by atoms with van der Waals surface area (Å²) >= 11 is 1.60. The number of alkyl halides is 2. The third-order valence-electron chi connectivity index (χ3n) is 6.56. The fourth-order valence-electron chi connectivity index (χ4n) is 4.78. The summed E-state index contributed by atoms with van der Waals surface area (Å²) in [7, 11) is 1.69. The van der Waals surface area contributed by atoms with Crippen molar-refractivity contribution >= 4 is 16.7 Å². The Balaban J connectivity index is 0.00000124. The summed E-state index contributed by atoms with van der Waals surface area (Å²) in [6.07, 6.45) is 8.70. The first kappa shape index (κ1) is 33.4. The number of hydrogen-bond donors (Lipinski definition) is 1. The lowest BCUT2D eigenvalue weighted by molar-refractivity contribution is -0.0744. The molecule has 0 spiro atoms. The number of rotatable bonds is 11. The summed E-state index contributed by atoms with van der Waals surface area (Å²) in [4.78, 5) is 4.38. The van der Waals surface area contributed by atoms with Gasteiger partial charge in [0.15, 0.2) is 0 Å². The minimum Gasteiger partial charge on any atom is -0.509 e. The number of methoxy groups -OCH3 is 1. The predicted molar refractivity (Wildman–Crippen MR) is 161 cm³/mol. The van der Waals surface area contributed by atoms with Crippen molar-refractivity contribution in [3.05, 3.63) is 57.7 Å². The minimum absolute atomic E-state index is 0.196. The number of aryl methyl sites for hydroxylation is 1. The Bertz CT molecular complexity index is 1010.